The van der Waals surface area contributed by atoms with Crippen LogP contribution in [0.2, 0.25) is 0 Å². The maximum atomic E-state index is 12.7. The Hall–Kier alpha value is -1.90. The fourth-order valence-corrected chi connectivity index (χ4v) is 5.30. The standard InChI is InChI=1S/C18H22N4O3S.ClH/c1-26(24,25)15-5-3-2-4-14(15)22-10-13(9-20-22)21-18(23)16-11-6-7-12(8-11)17(16)19;/h2-5,9-12,16-17H,6-8,19H2,1H3,(H,21,23);1H. The normalized spacial score (nSPS) is 26.6. The first-order valence-corrected chi connectivity index (χ1v) is 10.6. The minimum Gasteiger partial charge on any atom is -0.327 e. The van der Waals surface area contributed by atoms with Crippen LogP contribution in [0.5, 0.6) is 0 Å². The number of sulfone groups is 1. The summed E-state index contributed by atoms with van der Waals surface area (Å²) in [5.41, 5.74) is 7.22. The van der Waals surface area contributed by atoms with Crippen LogP contribution in [0.4, 0.5) is 5.69 Å². The van der Waals surface area contributed by atoms with Gasteiger partial charge in [0.1, 0.15) is 0 Å². The molecule has 9 heteroatoms. The molecule has 1 aromatic carbocycles. The van der Waals surface area contributed by atoms with Crippen LogP contribution in [0.1, 0.15) is 19.3 Å². The largest absolute Gasteiger partial charge is 0.327 e. The molecule has 1 aromatic heterocycles. The molecule has 146 valence electrons. The Labute approximate surface area is 164 Å². The Balaban J connectivity index is 0.00000210. The topological polar surface area (TPSA) is 107 Å². The molecule has 4 unspecified atom stereocenters. The van der Waals surface area contributed by atoms with Crippen molar-refractivity contribution in [2.75, 3.05) is 11.6 Å². The third-order valence-corrected chi connectivity index (χ3v) is 6.79. The molecule has 1 amide bonds. The number of hydrogen-bond acceptors (Lipinski definition) is 5. The van der Waals surface area contributed by atoms with Crippen molar-refractivity contribution < 1.29 is 13.2 Å². The average molecular weight is 411 g/mol. The van der Waals surface area contributed by atoms with E-state index in [0.717, 1.165) is 25.5 Å². The summed E-state index contributed by atoms with van der Waals surface area (Å²) in [7, 11) is -3.39. The van der Waals surface area contributed by atoms with Crippen molar-refractivity contribution in [1.82, 2.24) is 9.78 Å². The molecular formula is C18H23ClN4O3S. The summed E-state index contributed by atoms with van der Waals surface area (Å²) in [5.74, 6) is 0.608. The molecule has 2 aromatic rings. The highest BCUT2D eigenvalue weighted by Crippen LogP contribution is 2.47. The van der Waals surface area contributed by atoms with Crippen LogP contribution in [-0.2, 0) is 14.6 Å². The zero-order chi connectivity index (χ0) is 18.5. The number of aromatic nitrogens is 2. The number of carbonyl (C=O) groups excluding carboxylic acids is 1. The van der Waals surface area contributed by atoms with Gasteiger partial charge in [-0.25, -0.2) is 13.1 Å². The first-order chi connectivity index (χ1) is 12.3. The maximum Gasteiger partial charge on any atom is 0.229 e. The van der Waals surface area contributed by atoms with Gasteiger partial charge in [0, 0.05) is 12.3 Å². The molecule has 0 aliphatic heterocycles. The van der Waals surface area contributed by atoms with E-state index in [0.29, 0.717) is 23.2 Å². The van der Waals surface area contributed by atoms with Gasteiger partial charge in [-0.05, 0) is 43.2 Å². The summed E-state index contributed by atoms with van der Waals surface area (Å²) in [4.78, 5) is 12.9. The Morgan fingerprint density at radius 2 is 1.96 bits per heavy atom. The summed E-state index contributed by atoms with van der Waals surface area (Å²) >= 11 is 0. The zero-order valence-corrected chi connectivity index (χ0v) is 16.5. The molecule has 3 N–H and O–H groups in total. The van der Waals surface area contributed by atoms with E-state index in [4.69, 9.17) is 5.73 Å². The fourth-order valence-electron chi connectivity index (χ4n) is 4.43. The molecule has 2 aliphatic rings. The van der Waals surface area contributed by atoms with Crippen LogP contribution in [0, 0.1) is 17.8 Å². The number of rotatable bonds is 4. The van der Waals surface area contributed by atoms with Crippen molar-refractivity contribution in [2.45, 2.75) is 30.2 Å². The van der Waals surface area contributed by atoms with Crippen molar-refractivity contribution in [3.63, 3.8) is 0 Å². The van der Waals surface area contributed by atoms with Crippen LogP contribution in [0.3, 0.4) is 0 Å². The van der Waals surface area contributed by atoms with Crippen LogP contribution >= 0.6 is 12.4 Å². The van der Waals surface area contributed by atoms with E-state index in [1.54, 1.807) is 30.5 Å². The Kier molecular flexibility index (Phi) is 5.33. The molecule has 4 rings (SSSR count). The van der Waals surface area contributed by atoms with Gasteiger partial charge in [-0.3, -0.25) is 4.79 Å². The second kappa shape index (κ2) is 7.26. The van der Waals surface area contributed by atoms with Gasteiger partial charge in [0.15, 0.2) is 9.84 Å². The number of hydrogen-bond donors (Lipinski definition) is 2. The number of nitrogens with zero attached hydrogens (tertiary/aromatic N) is 2. The third-order valence-electron chi connectivity index (χ3n) is 5.65. The quantitative estimate of drug-likeness (QED) is 0.801. The molecule has 2 aliphatic carbocycles. The molecule has 0 saturated heterocycles. The van der Waals surface area contributed by atoms with Crippen molar-refractivity contribution in [2.24, 2.45) is 23.5 Å². The Morgan fingerprint density at radius 3 is 2.63 bits per heavy atom. The number of amides is 1. The second-order valence-corrected chi connectivity index (χ2v) is 9.32. The van der Waals surface area contributed by atoms with Crippen LogP contribution in [-0.4, -0.2) is 36.4 Å². The van der Waals surface area contributed by atoms with E-state index < -0.39 is 9.84 Å². The highest BCUT2D eigenvalue weighted by Gasteiger charge is 2.49. The molecule has 1 heterocycles. The number of fused-ring (bicyclic) bond motifs is 2. The Bertz CT molecular complexity index is 957. The van der Waals surface area contributed by atoms with Gasteiger partial charge in [0.2, 0.25) is 5.91 Å². The summed E-state index contributed by atoms with van der Waals surface area (Å²) in [5, 5.41) is 7.11. The van der Waals surface area contributed by atoms with E-state index >= 15 is 0 Å². The summed E-state index contributed by atoms with van der Waals surface area (Å²) in [6, 6.07) is 6.57. The lowest BCUT2D eigenvalue weighted by atomic mass is 9.84. The van der Waals surface area contributed by atoms with Gasteiger partial charge in [0.05, 0.1) is 34.6 Å². The third kappa shape index (κ3) is 3.61. The minimum absolute atomic E-state index is 0. The molecule has 4 atom stereocenters. The molecule has 7 nitrogen and oxygen atoms in total. The van der Waals surface area contributed by atoms with Crippen molar-refractivity contribution >= 4 is 33.8 Å². The minimum atomic E-state index is -3.39. The maximum absolute atomic E-state index is 12.7. The lowest BCUT2D eigenvalue weighted by Crippen LogP contribution is -2.42. The SMILES string of the molecule is CS(=O)(=O)c1ccccc1-n1cc(NC(=O)C2C3CCC(C3)C2N)cn1.Cl. The van der Waals surface area contributed by atoms with E-state index in [9.17, 15) is 13.2 Å². The van der Waals surface area contributed by atoms with Crippen molar-refractivity contribution in [1.29, 1.82) is 0 Å². The second-order valence-electron chi connectivity index (χ2n) is 7.34. The number of halogens is 1. The average Bonchev–Trinajstić information content (AvgIpc) is 3.30. The van der Waals surface area contributed by atoms with Crippen molar-refractivity contribution in [3.8, 4) is 5.69 Å². The van der Waals surface area contributed by atoms with E-state index in [-0.39, 0.29) is 35.2 Å². The van der Waals surface area contributed by atoms with Gasteiger partial charge >= 0.3 is 0 Å². The zero-order valence-electron chi connectivity index (χ0n) is 14.9. The van der Waals surface area contributed by atoms with Crippen LogP contribution < -0.4 is 11.1 Å². The van der Waals surface area contributed by atoms with Gasteiger partial charge in [-0.1, -0.05) is 12.1 Å². The number of para-hydroxylation sites is 1. The molecule has 2 bridgehead atoms. The lowest BCUT2D eigenvalue weighted by Gasteiger charge is -2.26. The molecule has 2 fully saturated rings. The van der Waals surface area contributed by atoms with Gasteiger partial charge in [-0.2, -0.15) is 5.10 Å². The molecule has 0 spiro atoms. The molecule has 2 saturated carbocycles. The van der Waals surface area contributed by atoms with E-state index in [1.165, 1.54) is 10.9 Å². The fraction of sp³-hybridized carbons (Fsp3) is 0.444. The number of nitrogens with two attached hydrogens (primary N) is 1. The number of carbonyl (C=O) groups is 1. The van der Waals surface area contributed by atoms with E-state index in [1.807, 2.05) is 0 Å². The van der Waals surface area contributed by atoms with Crippen LogP contribution in [0.15, 0.2) is 41.6 Å². The lowest BCUT2D eigenvalue weighted by molar-refractivity contribution is -0.121. The Morgan fingerprint density at radius 1 is 1.26 bits per heavy atom. The molecular weight excluding hydrogens is 388 g/mol. The number of nitrogens with one attached hydrogen (secondary N) is 1. The summed E-state index contributed by atoms with van der Waals surface area (Å²) < 4.78 is 25.4. The monoisotopic (exact) mass is 410 g/mol. The summed E-state index contributed by atoms with van der Waals surface area (Å²) in [6.45, 7) is 0. The number of anilines is 1. The highest BCUT2D eigenvalue weighted by atomic mass is 35.5. The van der Waals surface area contributed by atoms with Crippen molar-refractivity contribution in [3.05, 3.63) is 36.7 Å². The van der Waals surface area contributed by atoms with Gasteiger partial charge in [0.25, 0.3) is 0 Å². The highest BCUT2D eigenvalue weighted by molar-refractivity contribution is 7.90. The first kappa shape index (κ1) is 19.9. The van der Waals surface area contributed by atoms with E-state index in [2.05, 4.69) is 10.4 Å². The first-order valence-electron chi connectivity index (χ1n) is 8.75. The predicted molar refractivity (Wildman–Crippen MR) is 105 cm³/mol. The number of benzene rings is 1. The summed E-state index contributed by atoms with van der Waals surface area (Å²) in [6.07, 6.45) is 7.54. The predicted octanol–water partition coefficient (Wildman–Crippen LogP) is 2.01. The van der Waals surface area contributed by atoms with Gasteiger partial charge < -0.3 is 11.1 Å². The van der Waals surface area contributed by atoms with Crippen LogP contribution in [0.25, 0.3) is 5.69 Å². The molecule has 0 radical (unpaired) electrons. The molecule has 27 heavy (non-hydrogen) atoms. The smallest absolute Gasteiger partial charge is 0.229 e. The van der Waals surface area contributed by atoms with Gasteiger partial charge in [-0.15, -0.1) is 12.4 Å².